The van der Waals surface area contributed by atoms with Crippen molar-refractivity contribution in [2.45, 2.75) is 33.1 Å². The molecule has 0 heterocycles. The van der Waals surface area contributed by atoms with E-state index in [0.717, 1.165) is 12.8 Å². The molecule has 1 rings (SSSR count). The Labute approximate surface area is 104 Å². The number of hydrogen-bond donors (Lipinski definition) is 0. The maximum absolute atomic E-state index is 13.2. The number of Topliss-reactive ketones (excluding diaryl/α,β-unsaturated/α-hetero) is 1. The third-order valence-electron chi connectivity index (χ3n) is 2.57. The molecule has 0 aliphatic carbocycles. The number of carbonyl (C=O) groups is 1. The Hall–Kier alpha value is -0.700. The third-order valence-corrected chi connectivity index (χ3v) is 3.37. The number of hydrogen-bond acceptors (Lipinski definition) is 1. The number of halogens is 2. The van der Waals surface area contributed by atoms with Crippen molar-refractivity contribution < 1.29 is 9.18 Å². The van der Waals surface area contributed by atoms with Gasteiger partial charge in [-0.3, -0.25) is 4.79 Å². The van der Waals surface area contributed by atoms with E-state index in [1.54, 1.807) is 12.1 Å². The van der Waals surface area contributed by atoms with Crippen molar-refractivity contribution in [2.75, 3.05) is 0 Å². The first-order chi connectivity index (χ1) is 7.56. The van der Waals surface area contributed by atoms with Crippen molar-refractivity contribution in [1.82, 2.24) is 0 Å². The normalized spacial score (nSPS) is 12.5. The predicted octanol–water partition coefficient (Wildman–Crippen LogP) is 4.60. The molecule has 1 aromatic rings. The van der Waals surface area contributed by atoms with Crippen molar-refractivity contribution in [3.8, 4) is 0 Å². The largest absolute Gasteiger partial charge is 0.294 e. The van der Waals surface area contributed by atoms with Crippen LogP contribution in [0, 0.1) is 11.7 Å². The number of rotatable bonds is 5. The lowest BCUT2D eigenvalue weighted by Crippen LogP contribution is -2.07. The summed E-state index contributed by atoms with van der Waals surface area (Å²) < 4.78 is 13.5. The molecule has 0 aliphatic heterocycles. The monoisotopic (exact) mass is 286 g/mol. The van der Waals surface area contributed by atoms with Gasteiger partial charge in [0, 0.05) is 12.0 Å². The van der Waals surface area contributed by atoms with Gasteiger partial charge in [-0.1, -0.05) is 38.8 Å². The molecule has 1 aromatic carbocycles. The van der Waals surface area contributed by atoms with Gasteiger partial charge in [-0.2, -0.15) is 0 Å². The fourth-order valence-electron chi connectivity index (χ4n) is 1.74. The van der Waals surface area contributed by atoms with Crippen molar-refractivity contribution in [3.63, 3.8) is 0 Å². The Morgan fingerprint density at radius 1 is 1.50 bits per heavy atom. The van der Waals surface area contributed by atoms with E-state index in [-0.39, 0.29) is 16.1 Å². The Bertz CT molecular complexity index is 376. The first kappa shape index (κ1) is 13.4. The highest BCUT2D eigenvalue weighted by molar-refractivity contribution is 9.10. The molecule has 0 amide bonds. The predicted molar refractivity (Wildman–Crippen MR) is 67.1 cm³/mol. The molecule has 88 valence electrons. The molecular formula is C13H16BrFO. The molecule has 1 nitrogen and oxygen atoms in total. The van der Waals surface area contributed by atoms with Gasteiger partial charge in [-0.25, -0.2) is 4.39 Å². The van der Waals surface area contributed by atoms with Gasteiger partial charge < -0.3 is 0 Å². The highest BCUT2D eigenvalue weighted by Crippen LogP contribution is 2.23. The average Bonchev–Trinajstić information content (AvgIpc) is 2.22. The molecule has 1 atom stereocenters. The first-order valence-corrected chi connectivity index (χ1v) is 6.32. The Morgan fingerprint density at radius 2 is 2.19 bits per heavy atom. The quantitative estimate of drug-likeness (QED) is 0.723. The van der Waals surface area contributed by atoms with Crippen molar-refractivity contribution in [2.24, 2.45) is 5.92 Å². The lowest BCUT2D eigenvalue weighted by atomic mass is 9.96. The molecule has 0 fully saturated rings. The van der Waals surface area contributed by atoms with Crippen LogP contribution in [-0.4, -0.2) is 5.78 Å². The van der Waals surface area contributed by atoms with E-state index in [4.69, 9.17) is 0 Å². The van der Waals surface area contributed by atoms with Gasteiger partial charge in [0.05, 0.1) is 4.47 Å². The molecule has 3 heteroatoms. The number of ketones is 1. The maximum Gasteiger partial charge on any atom is 0.164 e. The van der Waals surface area contributed by atoms with Crippen molar-refractivity contribution in [3.05, 3.63) is 34.1 Å². The summed E-state index contributed by atoms with van der Waals surface area (Å²) in [5.74, 6) is -0.0195. The molecule has 16 heavy (non-hydrogen) atoms. The molecule has 1 unspecified atom stereocenters. The number of carbonyl (C=O) groups excluding carboxylic acids is 1. The number of benzene rings is 1. The molecule has 0 aliphatic rings. The zero-order valence-electron chi connectivity index (χ0n) is 9.59. The summed E-state index contributed by atoms with van der Waals surface area (Å²) in [5, 5.41) is 0. The van der Waals surface area contributed by atoms with Crippen molar-refractivity contribution in [1.29, 1.82) is 0 Å². The minimum absolute atomic E-state index is 0.00678. The molecule has 0 bridgehead atoms. The maximum atomic E-state index is 13.2. The SMILES string of the molecule is CCCC(C)CC(=O)c1cccc(F)c1Br. The summed E-state index contributed by atoms with van der Waals surface area (Å²) in [6.07, 6.45) is 2.58. The molecular weight excluding hydrogens is 271 g/mol. The van der Waals surface area contributed by atoms with Crippen LogP contribution in [0.4, 0.5) is 4.39 Å². The highest BCUT2D eigenvalue weighted by atomic mass is 79.9. The van der Waals surface area contributed by atoms with Crippen LogP contribution in [0.25, 0.3) is 0 Å². The van der Waals surface area contributed by atoms with E-state index in [1.807, 2.05) is 0 Å². The minimum Gasteiger partial charge on any atom is -0.294 e. The van der Waals surface area contributed by atoms with Crippen LogP contribution < -0.4 is 0 Å². The van der Waals surface area contributed by atoms with E-state index in [1.165, 1.54) is 6.07 Å². The van der Waals surface area contributed by atoms with Crippen LogP contribution in [0.2, 0.25) is 0 Å². The average molecular weight is 287 g/mol. The lowest BCUT2D eigenvalue weighted by molar-refractivity contribution is 0.0961. The summed E-state index contributed by atoms with van der Waals surface area (Å²) in [6, 6.07) is 4.57. The summed E-state index contributed by atoms with van der Waals surface area (Å²) in [4.78, 5) is 11.9. The summed E-state index contributed by atoms with van der Waals surface area (Å²) >= 11 is 3.11. The summed E-state index contributed by atoms with van der Waals surface area (Å²) in [6.45, 7) is 4.15. The van der Waals surface area contributed by atoms with Crippen LogP contribution in [0.5, 0.6) is 0 Å². The van der Waals surface area contributed by atoms with Crippen LogP contribution in [-0.2, 0) is 0 Å². The van der Waals surface area contributed by atoms with Crippen LogP contribution in [0.15, 0.2) is 22.7 Å². The summed E-state index contributed by atoms with van der Waals surface area (Å²) in [7, 11) is 0. The molecule has 0 radical (unpaired) electrons. The van der Waals surface area contributed by atoms with Crippen LogP contribution >= 0.6 is 15.9 Å². The van der Waals surface area contributed by atoms with Crippen molar-refractivity contribution >= 4 is 21.7 Å². The molecule has 0 saturated heterocycles. The Kier molecular flexibility index (Phi) is 5.13. The van der Waals surface area contributed by atoms with Gasteiger partial charge in [-0.05, 0) is 27.9 Å². The first-order valence-electron chi connectivity index (χ1n) is 5.53. The van der Waals surface area contributed by atoms with E-state index in [9.17, 15) is 9.18 Å². The highest BCUT2D eigenvalue weighted by Gasteiger charge is 2.15. The van der Waals surface area contributed by atoms with Gasteiger partial charge in [0.1, 0.15) is 5.82 Å². The lowest BCUT2D eigenvalue weighted by Gasteiger charge is -2.10. The van der Waals surface area contributed by atoms with E-state index >= 15 is 0 Å². The van der Waals surface area contributed by atoms with Gasteiger partial charge in [0.25, 0.3) is 0 Å². The zero-order valence-corrected chi connectivity index (χ0v) is 11.2. The standard InChI is InChI=1S/C13H16BrFO/c1-3-5-9(2)8-12(16)10-6-4-7-11(15)13(10)14/h4,6-7,9H,3,5,8H2,1-2H3. The zero-order chi connectivity index (χ0) is 12.1. The minimum atomic E-state index is -0.381. The van der Waals surface area contributed by atoms with E-state index in [0.29, 0.717) is 17.9 Å². The van der Waals surface area contributed by atoms with E-state index < -0.39 is 0 Å². The Morgan fingerprint density at radius 3 is 2.81 bits per heavy atom. The fraction of sp³-hybridized carbons (Fsp3) is 0.462. The second-order valence-electron chi connectivity index (χ2n) is 4.12. The summed E-state index contributed by atoms with van der Waals surface area (Å²) in [5.41, 5.74) is 0.447. The van der Waals surface area contributed by atoms with E-state index in [2.05, 4.69) is 29.8 Å². The fourth-order valence-corrected chi connectivity index (χ4v) is 2.23. The Balaban J connectivity index is 2.77. The third kappa shape index (κ3) is 3.41. The van der Waals surface area contributed by atoms with Gasteiger partial charge >= 0.3 is 0 Å². The second kappa shape index (κ2) is 6.14. The molecule has 0 N–H and O–H groups in total. The topological polar surface area (TPSA) is 17.1 Å². The smallest absolute Gasteiger partial charge is 0.164 e. The van der Waals surface area contributed by atoms with Crippen LogP contribution in [0.1, 0.15) is 43.5 Å². The van der Waals surface area contributed by atoms with Gasteiger partial charge in [-0.15, -0.1) is 0 Å². The van der Waals surface area contributed by atoms with Gasteiger partial charge in [0.15, 0.2) is 5.78 Å². The molecule has 0 aromatic heterocycles. The van der Waals surface area contributed by atoms with Crippen LogP contribution in [0.3, 0.4) is 0 Å². The van der Waals surface area contributed by atoms with Gasteiger partial charge in [0.2, 0.25) is 0 Å². The molecule has 0 spiro atoms. The molecule has 0 saturated carbocycles. The second-order valence-corrected chi connectivity index (χ2v) is 4.92.